The summed E-state index contributed by atoms with van der Waals surface area (Å²) in [6, 6.07) is 14.2. The van der Waals surface area contributed by atoms with Gasteiger partial charge in [-0.3, -0.25) is 9.59 Å². The summed E-state index contributed by atoms with van der Waals surface area (Å²) in [6.45, 7) is 1.49. The Morgan fingerprint density at radius 1 is 1.04 bits per heavy atom. The van der Waals surface area contributed by atoms with Crippen molar-refractivity contribution in [2.45, 2.75) is 19.3 Å². The van der Waals surface area contributed by atoms with Crippen LogP contribution >= 0.6 is 23.2 Å². The van der Waals surface area contributed by atoms with Gasteiger partial charge in [0.05, 0.1) is 21.7 Å². The van der Waals surface area contributed by atoms with E-state index in [0.717, 1.165) is 5.56 Å². The van der Waals surface area contributed by atoms with Gasteiger partial charge in [0, 0.05) is 0 Å². The van der Waals surface area contributed by atoms with Gasteiger partial charge in [0.15, 0.2) is 6.61 Å². The Bertz CT molecular complexity index is 699. The van der Waals surface area contributed by atoms with E-state index in [4.69, 9.17) is 27.9 Å². The average molecular weight is 366 g/mol. The fourth-order valence-corrected chi connectivity index (χ4v) is 2.75. The number of rotatable bonds is 6. The van der Waals surface area contributed by atoms with Crippen LogP contribution in [0.4, 0.5) is 5.69 Å². The predicted octanol–water partition coefficient (Wildman–Crippen LogP) is 4.67. The van der Waals surface area contributed by atoms with Crippen molar-refractivity contribution in [2.75, 3.05) is 11.9 Å². The number of halogens is 2. The number of hydrogen-bond donors (Lipinski definition) is 1. The number of benzene rings is 2. The molecule has 126 valence electrons. The number of ether oxygens (including phenoxy) is 1. The zero-order valence-corrected chi connectivity index (χ0v) is 14.6. The SMILES string of the molecule is CC[C@@H](C(=O)OCC(=O)Nc1c(Cl)cccc1Cl)c1ccccc1. The van der Waals surface area contributed by atoms with Gasteiger partial charge in [0.25, 0.3) is 5.91 Å². The van der Waals surface area contributed by atoms with E-state index in [1.165, 1.54) is 0 Å². The summed E-state index contributed by atoms with van der Waals surface area (Å²) in [5.74, 6) is -1.34. The zero-order valence-electron chi connectivity index (χ0n) is 13.1. The molecule has 0 heterocycles. The molecular formula is C18H17Cl2NO3. The maximum atomic E-state index is 12.2. The maximum absolute atomic E-state index is 12.2. The van der Waals surface area contributed by atoms with Crippen molar-refractivity contribution in [2.24, 2.45) is 0 Å². The molecule has 2 aromatic carbocycles. The minimum Gasteiger partial charge on any atom is -0.455 e. The fourth-order valence-electron chi connectivity index (χ4n) is 2.25. The smallest absolute Gasteiger partial charge is 0.313 e. The van der Waals surface area contributed by atoms with Crippen molar-refractivity contribution in [1.29, 1.82) is 0 Å². The molecule has 1 N–H and O–H groups in total. The van der Waals surface area contributed by atoms with Crippen molar-refractivity contribution in [3.05, 3.63) is 64.1 Å². The lowest BCUT2D eigenvalue weighted by molar-refractivity contribution is -0.149. The van der Waals surface area contributed by atoms with Crippen molar-refractivity contribution in [3.63, 3.8) is 0 Å². The number of carbonyl (C=O) groups excluding carboxylic acids is 2. The Labute approximate surface area is 150 Å². The lowest BCUT2D eigenvalue weighted by atomic mass is 9.97. The minimum absolute atomic E-state index is 0.303. The van der Waals surface area contributed by atoms with Gasteiger partial charge in [-0.1, -0.05) is 66.5 Å². The predicted molar refractivity (Wildman–Crippen MR) is 95.5 cm³/mol. The molecule has 1 atom stereocenters. The summed E-state index contributed by atoms with van der Waals surface area (Å²) < 4.78 is 5.13. The lowest BCUT2D eigenvalue weighted by Crippen LogP contribution is -2.24. The van der Waals surface area contributed by atoms with Crippen LogP contribution < -0.4 is 5.32 Å². The maximum Gasteiger partial charge on any atom is 0.313 e. The molecule has 0 spiro atoms. The van der Waals surface area contributed by atoms with E-state index < -0.39 is 24.4 Å². The van der Waals surface area contributed by atoms with Gasteiger partial charge in [0.2, 0.25) is 0 Å². The van der Waals surface area contributed by atoms with E-state index in [-0.39, 0.29) is 0 Å². The molecule has 2 aromatic rings. The summed E-state index contributed by atoms with van der Waals surface area (Å²) in [5.41, 5.74) is 1.16. The van der Waals surface area contributed by atoms with Gasteiger partial charge in [-0.25, -0.2) is 0 Å². The summed E-state index contributed by atoms with van der Waals surface area (Å²) >= 11 is 12.0. The van der Waals surface area contributed by atoms with Crippen LogP contribution in [0.5, 0.6) is 0 Å². The monoisotopic (exact) mass is 365 g/mol. The molecular weight excluding hydrogens is 349 g/mol. The van der Waals surface area contributed by atoms with Gasteiger partial charge in [-0.2, -0.15) is 0 Å². The topological polar surface area (TPSA) is 55.4 Å². The summed E-state index contributed by atoms with van der Waals surface area (Å²) in [6.07, 6.45) is 0.584. The van der Waals surface area contributed by atoms with Gasteiger partial charge in [0.1, 0.15) is 0 Å². The molecule has 0 unspecified atom stereocenters. The quantitative estimate of drug-likeness (QED) is 0.756. The number of para-hydroxylation sites is 1. The van der Waals surface area contributed by atoms with Crippen LogP contribution in [0.1, 0.15) is 24.8 Å². The molecule has 4 nitrogen and oxygen atoms in total. The van der Waals surface area contributed by atoms with Crippen LogP contribution in [0.2, 0.25) is 10.0 Å². The summed E-state index contributed by atoms with van der Waals surface area (Å²) in [7, 11) is 0. The van der Waals surface area contributed by atoms with E-state index in [1.54, 1.807) is 18.2 Å². The first kappa shape index (κ1) is 18.3. The molecule has 0 aliphatic rings. The number of anilines is 1. The molecule has 2 rings (SSSR count). The van der Waals surface area contributed by atoms with Crippen molar-refractivity contribution >= 4 is 40.8 Å². The molecule has 0 saturated carbocycles. The molecule has 0 aromatic heterocycles. The van der Waals surface area contributed by atoms with Crippen molar-refractivity contribution < 1.29 is 14.3 Å². The molecule has 0 saturated heterocycles. The van der Waals surface area contributed by atoms with Gasteiger partial charge in [-0.15, -0.1) is 0 Å². The minimum atomic E-state index is -0.499. The van der Waals surface area contributed by atoms with Crippen molar-refractivity contribution in [3.8, 4) is 0 Å². The molecule has 0 fully saturated rings. The Balaban J connectivity index is 1.94. The second kappa shape index (κ2) is 8.71. The third kappa shape index (κ3) is 4.73. The highest BCUT2D eigenvalue weighted by Crippen LogP contribution is 2.29. The van der Waals surface area contributed by atoms with Gasteiger partial charge >= 0.3 is 5.97 Å². The van der Waals surface area contributed by atoms with Crippen LogP contribution in [0.3, 0.4) is 0 Å². The molecule has 0 aliphatic heterocycles. The van der Waals surface area contributed by atoms with Gasteiger partial charge in [-0.05, 0) is 24.1 Å². The second-order valence-electron chi connectivity index (χ2n) is 5.12. The Morgan fingerprint density at radius 3 is 2.25 bits per heavy atom. The highest BCUT2D eigenvalue weighted by Gasteiger charge is 2.21. The van der Waals surface area contributed by atoms with E-state index in [1.807, 2.05) is 37.3 Å². The molecule has 0 bridgehead atoms. The molecule has 0 aliphatic carbocycles. The first-order chi connectivity index (χ1) is 11.5. The van der Waals surface area contributed by atoms with Crippen LogP contribution in [-0.2, 0) is 14.3 Å². The number of nitrogens with one attached hydrogen (secondary N) is 1. The Morgan fingerprint density at radius 2 is 1.67 bits per heavy atom. The molecule has 0 radical (unpaired) electrons. The molecule has 6 heteroatoms. The fraction of sp³-hybridized carbons (Fsp3) is 0.222. The first-order valence-electron chi connectivity index (χ1n) is 7.48. The van der Waals surface area contributed by atoms with Crippen molar-refractivity contribution in [1.82, 2.24) is 0 Å². The van der Waals surface area contributed by atoms with E-state index >= 15 is 0 Å². The van der Waals surface area contributed by atoms with Crippen LogP contribution in [0.25, 0.3) is 0 Å². The van der Waals surface area contributed by atoms with Crippen LogP contribution in [0.15, 0.2) is 48.5 Å². The number of esters is 1. The Kier molecular flexibility index (Phi) is 6.64. The largest absolute Gasteiger partial charge is 0.455 e. The first-order valence-corrected chi connectivity index (χ1v) is 8.24. The standard InChI is InChI=1S/C18H17Cl2NO3/c1-2-13(12-7-4-3-5-8-12)18(23)24-11-16(22)21-17-14(19)9-6-10-15(17)20/h3-10,13H,2,11H2,1H3,(H,21,22)/t13-/m1/s1. The molecule has 24 heavy (non-hydrogen) atoms. The van der Waals surface area contributed by atoms with Crippen LogP contribution in [-0.4, -0.2) is 18.5 Å². The lowest BCUT2D eigenvalue weighted by Gasteiger charge is -2.15. The number of hydrogen-bond acceptors (Lipinski definition) is 3. The van der Waals surface area contributed by atoms with E-state index in [2.05, 4.69) is 5.32 Å². The van der Waals surface area contributed by atoms with E-state index in [0.29, 0.717) is 22.2 Å². The third-order valence-electron chi connectivity index (χ3n) is 3.47. The second-order valence-corrected chi connectivity index (χ2v) is 5.94. The highest BCUT2D eigenvalue weighted by atomic mass is 35.5. The summed E-state index contributed by atoms with van der Waals surface area (Å²) in [5, 5.41) is 3.19. The third-order valence-corrected chi connectivity index (χ3v) is 4.10. The zero-order chi connectivity index (χ0) is 17.5. The highest BCUT2D eigenvalue weighted by molar-refractivity contribution is 6.39. The van der Waals surface area contributed by atoms with E-state index in [9.17, 15) is 9.59 Å². The normalized spacial score (nSPS) is 11.6. The van der Waals surface area contributed by atoms with Crippen LogP contribution in [0, 0.1) is 0 Å². The number of carbonyl (C=O) groups is 2. The molecule has 1 amide bonds. The summed E-state index contributed by atoms with van der Waals surface area (Å²) in [4.78, 5) is 24.2. The van der Waals surface area contributed by atoms with Gasteiger partial charge < -0.3 is 10.1 Å². The Hall–Kier alpha value is -2.04. The average Bonchev–Trinajstić information content (AvgIpc) is 2.58. The number of amides is 1.